The largest absolute Gasteiger partial charge is 0.344 e. The fraction of sp³-hybridized carbons (Fsp3) is 0.0870. The highest BCUT2D eigenvalue weighted by atomic mass is 16.2. The van der Waals surface area contributed by atoms with Crippen LogP contribution in [0.1, 0.15) is 29.0 Å². The number of rotatable bonds is 4. The first-order chi connectivity index (χ1) is 13.6. The van der Waals surface area contributed by atoms with Crippen LogP contribution >= 0.6 is 0 Å². The molecule has 0 bridgehead atoms. The molecule has 2 N–H and O–H groups in total. The Morgan fingerprint density at radius 2 is 1.46 bits per heavy atom. The molecule has 3 aromatic carbocycles. The molecule has 0 aliphatic rings. The van der Waals surface area contributed by atoms with Crippen LogP contribution in [0.15, 0.2) is 83.7 Å². The van der Waals surface area contributed by atoms with E-state index < -0.39 is 0 Å². The van der Waals surface area contributed by atoms with E-state index in [0.717, 1.165) is 16.7 Å². The summed E-state index contributed by atoms with van der Waals surface area (Å²) < 4.78 is 0. The number of nitrogens with one attached hydrogen (secondary N) is 2. The number of carbonyl (C=O) groups excluding carboxylic acids is 1. The van der Waals surface area contributed by atoms with Gasteiger partial charge in [-0.2, -0.15) is 5.10 Å². The third-order valence-corrected chi connectivity index (χ3v) is 4.78. The van der Waals surface area contributed by atoms with Crippen molar-refractivity contribution in [1.29, 1.82) is 0 Å². The van der Waals surface area contributed by atoms with Crippen LogP contribution in [0.3, 0.4) is 0 Å². The predicted molar refractivity (Wildman–Crippen MR) is 110 cm³/mol. The number of nitrogens with zero attached hydrogens (tertiary/aromatic N) is 1. The molecule has 1 aromatic heterocycles. The molecule has 0 fully saturated rings. The van der Waals surface area contributed by atoms with Gasteiger partial charge in [-0.05, 0) is 29.7 Å². The van der Waals surface area contributed by atoms with Gasteiger partial charge in [-0.25, -0.2) is 5.10 Å². The van der Waals surface area contributed by atoms with Crippen molar-refractivity contribution in [3.8, 4) is 11.1 Å². The molecule has 5 nitrogen and oxygen atoms in total. The molecule has 0 saturated carbocycles. The first kappa shape index (κ1) is 17.7. The molecule has 0 aliphatic carbocycles. The van der Waals surface area contributed by atoms with E-state index in [1.807, 2.05) is 49.4 Å². The third kappa shape index (κ3) is 3.42. The molecular weight excluding hydrogens is 350 g/mol. The van der Waals surface area contributed by atoms with E-state index in [9.17, 15) is 9.59 Å². The smallest absolute Gasteiger partial charge is 0.272 e. The highest BCUT2D eigenvalue weighted by Crippen LogP contribution is 2.22. The van der Waals surface area contributed by atoms with Gasteiger partial charge in [0.1, 0.15) is 0 Å². The molecule has 0 saturated heterocycles. The molecule has 0 spiro atoms. The second kappa shape index (κ2) is 7.48. The molecule has 0 aliphatic heterocycles. The molecule has 1 heterocycles. The lowest BCUT2D eigenvalue weighted by molar-refractivity contribution is 0.0935. The maximum absolute atomic E-state index is 12.7. The molecule has 0 radical (unpaired) electrons. The van der Waals surface area contributed by atoms with Gasteiger partial charge >= 0.3 is 0 Å². The monoisotopic (exact) mass is 369 g/mol. The van der Waals surface area contributed by atoms with Gasteiger partial charge in [0.25, 0.3) is 11.5 Å². The van der Waals surface area contributed by atoms with Gasteiger partial charge in [0.05, 0.1) is 11.4 Å². The molecule has 138 valence electrons. The molecule has 1 atom stereocenters. The summed E-state index contributed by atoms with van der Waals surface area (Å²) in [5.41, 5.74) is 3.16. The average Bonchev–Trinajstić information content (AvgIpc) is 2.75. The molecule has 4 rings (SSSR count). The van der Waals surface area contributed by atoms with Crippen molar-refractivity contribution >= 4 is 16.7 Å². The molecule has 5 heteroatoms. The minimum atomic E-state index is -0.327. The first-order valence-corrected chi connectivity index (χ1v) is 9.07. The summed E-state index contributed by atoms with van der Waals surface area (Å²) in [5.74, 6) is -0.327. The number of aromatic amines is 1. The third-order valence-electron chi connectivity index (χ3n) is 4.78. The number of hydrogen-bond acceptors (Lipinski definition) is 3. The SMILES string of the molecule is CC(NC(=O)c1n[nH]c(=O)c2ccccc12)c1ccc(-c2ccccc2)cc1. The zero-order valence-corrected chi connectivity index (χ0v) is 15.3. The van der Waals surface area contributed by atoms with Crippen LogP contribution in [-0.4, -0.2) is 16.1 Å². The fourth-order valence-electron chi connectivity index (χ4n) is 3.23. The zero-order valence-electron chi connectivity index (χ0n) is 15.3. The lowest BCUT2D eigenvalue weighted by Crippen LogP contribution is -2.29. The van der Waals surface area contributed by atoms with Crippen molar-refractivity contribution in [2.24, 2.45) is 0 Å². The quantitative estimate of drug-likeness (QED) is 0.569. The number of benzene rings is 3. The summed E-state index contributed by atoms with van der Waals surface area (Å²) >= 11 is 0. The second-order valence-electron chi connectivity index (χ2n) is 6.63. The van der Waals surface area contributed by atoms with Gasteiger partial charge in [0.15, 0.2) is 5.69 Å². The van der Waals surface area contributed by atoms with Gasteiger partial charge in [-0.3, -0.25) is 9.59 Å². The Morgan fingerprint density at radius 1 is 0.857 bits per heavy atom. The molecular formula is C23H19N3O2. The number of carbonyl (C=O) groups is 1. The summed E-state index contributed by atoms with van der Waals surface area (Å²) in [5, 5.41) is 10.3. The van der Waals surface area contributed by atoms with Gasteiger partial charge < -0.3 is 5.32 Å². The Bertz CT molecular complexity index is 1180. The highest BCUT2D eigenvalue weighted by molar-refractivity contribution is 6.04. The average molecular weight is 369 g/mol. The first-order valence-electron chi connectivity index (χ1n) is 9.07. The zero-order chi connectivity index (χ0) is 19.5. The Balaban J connectivity index is 1.56. The van der Waals surface area contributed by atoms with E-state index in [1.54, 1.807) is 24.3 Å². The minimum Gasteiger partial charge on any atom is -0.344 e. The number of aromatic nitrogens is 2. The number of amides is 1. The van der Waals surface area contributed by atoms with Crippen molar-refractivity contribution in [1.82, 2.24) is 15.5 Å². The normalized spacial score (nSPS) is 11.9. The molecule has 1 unspecified atom stereocenters. The van der Waals surface area contributed by atoms with E-state index in [1.165, 1.54) is 0 Å². The number of hydrogen-bond donors (Lipinski definition) is 2. The maximum atomic E-state index is 12.7. The van der Waals surface area contributed by atoms with E-state index >= 15 is 0 Å². The van der Waals surface area contributed by atoms with Crippen LogP contribution in [0.25, 0.3) is 21.9 Å². The maximum Gasteiger partial charge on any atom is 0.272 e. The predicted octanol–water partition coefficient (Wildman–Crippen LogP) is 4.08. The van der Waals surface area contributed by atoms with Crippen LogP contribution in [-0.2, 0) is 0 Å². The summed E-state index contributed by atoms with van der Waals surface area (Å²) in [4.78, 5) is 24.6. The van der Waals surface area contributed by atoms with Crippen LogP contribution in [0.2, 0.25) is 0 Å². The van der Waals surface area contributed by atoms with E-state index in [0.29, 0.717) is 10.8 Å². The lowest BCUT2D eigenvalue weighted by atomic mass is 10.0. The van der Waals surface area contributed by atoms with Crippen molar-refractivity contribution < 1.29 is 4.79 Å². The topological polar surface area (TPSA) is 74.8 Å². The van der Waals surface area contributed by atoms with Crippen LogP contribution in [0.5, 0.6) is 0 Å². The molecule has 1 amide bonds. The van der Waals surface area contributed by atoms with Crippen molar-refractivity contribution in [2.45, 2.75) is 13.0 Å². The van der Waals surface area contributed by atoms with E-state index in [-0.39, 0.29) is 23.2 Å². The summed E-state index contributed by atoms with van der Waals surface area (Å²) in [7, 11) is 0. The van der Waals surface area contributed by atoms with Gasteiger partial charge in [0, 0.05) is 5.39 Å². The highest BCUT2D eigenvalue weighted by Gasteiger charge is 2.17. The van der Waals surface area contributed by atoms with E-state index in [2.05, 4.69) is 27.6 Å². The molecule has 4 aromatic rings. The Morgan fingerprint density at radius 3 is 2.18 bits per heavy atom. The van der Waals surface area contributed by atoms with Crippen molar-refractivity contribution in [2.75, 3.05) is 0 Å². The van der Waals surface area contributed by atoms with Crippen molar-refractivity contribution in [3.05, 3.63) is 100 Å². The van der Waals surface area contributed by atoms with Crippen LogP contribution < -0.4 is 10.9 Å². The van der Waals surface area contributed by atoms with E-state index in [4.69, 9.17) is 0 Å². The van der Waals surface area contributed by atoms with Gasteiger partial charge in [-0.15, -0.1) is 0 Å². The summed E-state index contributed by atoms with van der Waals surface area (Å²) in [6, 6.07) is 25.0. The van der Waals surface area contributed by atoms with Gasteiger partial charge in [-0.1, -0.05) is 72.8 Å². The van der Waals surface area contributed by atoms with Crippen LogP contribution in [0, 0.1) is 0 Å². The number of fused-ring (bicyclic) bond motifs is 1. The summed E-state index contributed by atoms with van der Waals surface area (Å²) in [6.45, 7) is 1.92. The summed E-state index contributed by atoms with van der Waals surface area (Å²) in [6.07, 6.45) is 0. The standard InChI is InChI=1S/C23H19N3O2/c1-15(16-11-13-18(14-12-16)17-7-3-2-4-8-17)24-23(28)21-19-9-5-6-10-20(19)22(27)26-25-21/h2-15H,1H3,(H,24,28)(H,26,27). The van der Waals surface area contributed by atoms with Crippen molar-refractivity contribution in [3.63, 3.8) is 0 Å². The second-order valence-corrected chi connectivity index (χ2v) is 6.63. The Kier molecular flexibility index (Phi) is 4.72. The molecule has 28 heavy (non-hydrogen) atoms. The van der Waals surface area contributed by atoms with Crippen LogP contribution in [0.4, 0.5) is 0 Å². The Hall–Kier alpha value is -3.73. The minimum absolute atomic E-state index is 0.204. The Labute approximate surface area is 162 Å². The lowest BCUT2D eigenvalue weighted by Gasteiger charge is -2.15. The number of H-pyrrole nitrogens is 1. The fourth-order valence-corrected chi connectivity index (χ4v) is 3.23. The van der Waals surface area contributed by atoms with Gasteiger partial charge in [0.2, 0.25) is 0 Å².